The van der Waals surface area contributed by atoms with E-state index in [9.17, 15) is 0 Å². The number of ether oxygens (including phenoxy) is 1. The largest absolute Gasteiger partial charge is 0.379 e. The Hall–Kier alpha value is -1.32. The maximum Gasteiger partial charge on any atom is 0.0645 e. The van der Waals surface area contributed by atoms with E-state index in [4.69, 9.17) is 10.5 Å². The third kappa shape index (κ3) is 4.32. The number of para-hydroxylation sites is 1. The van der Waals surface area contributed by atoms with Gasteiger partial charge in [-0.05, 0) is 35.8 Å². The summed E-state index contributed by atoms with van der Waals surface area (Å²) in [7, 11) is 0. The van der Waals surface area contributed by atoms with Crippen molar-refractivity contribution in [2.24, 2.45) is 11.7 Å². The van der Waals surface area contributed by atoms with Crippen LogP contribution < -0.4 is 5.73 Å². The smallest absolute Gasteiger partial charge is 0.0645 e. The third-order valence-electron chi connectivity index (χ3n) is 3.81. The second kappa shape index (κ2) is 7.62. The van der Waals surface area contributed by atoms with E-state index in [0.29, 0.717) is 5.92 Å². The Bertz CT molecular complexity index is 559. The van der Waals surface area contributed by atoms with Crippen LogP contribution in [-0.4, -0.2) is 23.8 Å². The van der Waals surface area contributed by atoms with Crippen LogP contribution in [0, 0.1) is 5.92 Å². The molecule has 116 valence electrons. The minimum absolute atomic E-state index is 0.233. The molecule has 21 heavy (non-hydrogen) atoms. The summed E-state index contributed by atoms with van der Waals surface area (Å²) in [6, 6.07) is 8.90. The number of nitrogens with two attached hydrogens (primary N) is 1. The molecule has 0 aliphatic rings. The van der Waals surface area contributed by atoms with E-state index < -0.39 is 0 Å². The molecule has 2 N–H and O–H groups in total. The summed E-state index contributed by atoms with van der Waals surface area (Å²) in [5, 5.41) is 1.29. The first-order chi connectivity index (χ1) is 10.1. The Labute approximate surface area is 128 Å². The van der Waals surface area contributed by atoms with Crippen molar-refractivity contribution in [2.75, 3.05) is 13.2 Å². The third-order valence-corrected chi connectivity index (χ3v) is 3.81. The molecule has 0 radical (unpaired) electrons. The lowest BCUT2D eigenvalue weighted by molar-refractivity contribution is 0.104. The van der Waals surface area contributed by atoms with Gasteiger partial charge in [0.1, 0.15) is 0 Å². The van der Waals surface area contributed by atoms with E-state index in [1.165, 1.54) is 16.5 Å². The van der Waals surface area contributed by atoms with E-state index in [1.807, 2.05) is 0 Å². The van der Waals surface area contributed by atoms with Gasteiger partial charge < -0.3 is 15.0 Å². The van der Waals surface area contributed by atoms with Crippen molar-refractivity contribution in [1.29, 1.82) is 0 Å². The Morgan fingerprint density at radius 1 is 1.24 bits per heavy atom. The van der Waals surface area contributed by atoms with Crippen LogP contribution in [-0.2, 0) is 17.7 Å². The van der Waals surface area contributed by atoms with Gasteiger partial charge in [-0.15, -0.1) is 0 Å². The van der Waals surface area contributed by atoms with Crippen molar-refractivity contribution in [3.05, 3.63) is 36.0 Å². The monoisotopic (exact) mass is 288 g/mol. The number of rotatable bonds is 8. The Morgan fingerprint density at radius 3 is 2.76 bits per heavy atom. The van der Waals surface area contributed by atoms with Crippen LogP contribution in [0.3, 0.4) is 0 Å². The molecule has 0 aliphatic heterocycles. The standard InChI is InChI=1S/C18H28N2O/c1-4-17(19)12-16-7-5-6-15-8-9-20(18(15)16)10-11-21-13-14(2)3/h5-9,14,17H,4,10-13,19H2,1-3H3. The molecule has 2 aromatic rings. The van der Waals surface area contributed by atoms with E-state index in [0.717, 1.165) is 32.6 Å². The maximum atomic E-state index is 6.14. The molecule has 0 bridgehead atoms. The average Bonchev–Trinajstić information content (AvgIpc) is 2.87. The van der Waals surface area contributed by atoms with Crippen LogP contribution in [0.15, 0.2) is 30.5 Å². The normalized spacial score (nSPS) is 13.2. The lowest BCUT2D eigenvalue weighted by atomic mass is 10.0. The number of hydrogen-bond donors (Lipinski definition) is 1. The molecule has 0 fully saturated rings. The van der Waals surface area contributed by atoms with Crippen molar-refractivity contribution in [2.45, 2.75) is 46.2 Å². The van der Waals surface area contributed by atoms with Crippen molar-refractivity contribution < 1.29 is 4.74 Å². The summed E-state index contributed by atoms with van der Waals surface area (Å²) in [6.07, 6.45) is 4.10. The van der Waals surface area contributed by atoms with Gasteiger partial charge in [-0.25, -0.2) is 0 Å². The fraction of sp³-hybridized carbons (Fsp3) is 0.556. The van der Waals surface area contributed by atoms with Gasteiger partial charge in [0.2, 0.25) is 0 Å². The zero-order chi connectivity index (χ0) is 15.2. The molecular weight excluding hydrogens is 260 g/mol. The molecule has 0 saturated carbocycles. The van der Waals surface area contributed by atoms with Crippen molar-refractivity contribution in [3.8, 4) is 0 Å². The molecule has 0 saturated heterocycles. The molecule has 0 amide bonds. The SMILES string of the molecule is CCC(N)Cc1cccc2ccn(CCOCC(C)C)c12. The number of fused-ring (bicyclic) bond motifs is 1. The highest BCUT2D eigenvalue weighted by molar-refractivity contribution is 5.83. The molecule has 1 unspecified atom stereocenters. The highest BCUT2D eigenvalue weighted by atomic mass is 16.5. The summed E-state index contributed by atoms with van der Waals surface area (Å²) in [4.78, 5) is 0. The summed E-state index contributed by atoms with van der Waals surface area (Å²) >= 11 is 0. The lowest BCUT2D eigenvalue weighted by Crippen LogP contribution is -2.21. The Kier molecular flexibility index (Phi) is 5.83. The van der Waals surface area contributed by atoms with Crippen LogP contribution in [0.2, 0.25) is 0 Å². The molecule has 1 heterocycles. The van der Waals surface area contributed by atoms with E-state index >= 15 is 0 Å². The molecule has 1 aromatic heterocycles. The van der Waals surface area contributed by atoms with Crippen LogP contribution in [0.4, 0.5) is 0 Å². The highest BCUT2D eigenvalue weighted by Gasteiger charge is 2.09. The van der Waals surface area contributed by atoms with Crippen LogP contribution in [0.1, 0.15) is 32.8 Å². The van der Waals surface area contributed by atoms with Crippen LogP contribution >= 0.6 is 0 Å². The zero-order valence-corrected chi connectivity index (χ0v) is 13.5. The van der Waals surface area contributed by atoms with E-state index in [-0.39, 0.29) is 6.04 Å². The number of benzene rings is 1. The Balaban J connectivity index is 2.12. The summed E-state index contributed by atoms with van der Waals surface area (Å²) in [5.41, 5.74) is 8.79. The van der Waals surface area contributed by atoms with Gasteiger partial charge in [0.15, 0.2) is 0 Å². The minimum Gasteiger partial charge on any atom is -0.379 e. The van der Waals surface area contributed by atoms with E-state index in [1.54, 1.807) is 0 Å². The fourth-order valence-electron chi connectivity index (χ4n) is 2.60. The second-order valence-electron chi connectivity index (χ2n) is 6.21. The summed E-state index contributed by atoms with van der Waals surface area (Å²) in [6.45, 7) is 8.98. The van der Waals surface area contributed by atoms with Gasteiger partial charge in [-0.3, -0.25) is 0 Å². The molecule has 1 atom stereocenters. The van der Waals surface area contributed by atoms with Crippen molar-refractivity contribution >= 4 is 10.9 Å². The molecule has 0 aliphatic carbocycles. The van der Waals surface area contributed by atoms with Gasteiger partial charge >= 0.3 is 0 Å². The predicted molar refractivity (Wildman–Crippen MR) is 89.6 cm³/mol. The Morgan fingerprint density at radius 2 is 2.05 bits per heavy atom. The number of hydrogen-bond acceptors (Lipinski definition) is 2. The lowest BCUT2D eigenvalue weighted by Gasteiger charge is -2.13. The van der Waals surface area contributed by atoms with Gasteiger partial charge in [0, 0.05) is 25.4 Å². The minimum atomic E-state index is 0.233. The molecular formula is C18H28N2O. The number of nitrogens with zero attached hydrogens (tertiary/aromatic N) is 1. The summed E-state index contributed by atoms with van der Waals surface area (Å²) in [5.74, 6) is 0.588. The molecule has 1 aromatic carbocycles. The first kappa shape index (κ1) is 16.1. The van der Waals surface area contributed by atoms with Crippen LogP contribution in [0.5, 0.6) is 0 Å². The fourth-order valence-corrected chi connectivity index (χ4v) is 2.60. The molecule has 3 nitrogen and oxygen atoms in total. The summed E-state index contributed by atoms with van der Waals surface area (Å²) < 4.78 is 8.01. The average molecular weight is 288 g/mol. The predicted octanol–water partition coefficient (Wildman–Crippen LogP) is 3.59. The van der Waals surface area contributed by atoms with Gasteiger partial charge in [-0.2, -0.15) is 0 Å². The first-order valence-electron chi connectivity index (χ1n) is 8.01. The second-order valence-corrected chi connectivity index (χ2v) is 6.21. The maximum absolute atomic E-state index is 6.14. The molecule has 0 spiro atoms. The highest BCUT2D eigenvalue weighted by Crippen LogP contribution is 2.22. The van der Waals surface area contributed by atoms with Gasteiger partial charge in [0.05, 0.1) is 12.1 Å². The number of aromatic nitrogens is 1. The molecule has 2 rings (SSSR count). The van der Waals surface area contributed by atoms with Crippen LogP contribution in [0.25, 0.3) is 10.9 Å². The zero-order valence-electron chi connectivity index (χ0n) is 13.5. The van der Waals surface area contributed by atoms with Crippen molar-refractivity contribution in [1.82, 2.24) is 4.57 Å². The van der Waals surface area contributed by atoms with Crippen molar-refractivity contribution in [3.63, 3.8) is 0 Å². The first-order valence-corrected chi connectivity index (χ1v) is 8.01. The van der Waals surface area contributed by atoms with Gasteiger partial charge in [-0.1, -0.05) is 39.0 Å². The quantitative estimate of drug-likeness (QED) is 0.754. The van der Waals surface area contributed by atoms with Gasteiger partial charge in [0.25, 0.3) is 0 Å². The van der Waals surface area contributed by atoms with E-state index in [2.05, 4.69) is 55.8 Å². The molecule has 3 heteroatoms. The topological polar surface area (TPSA) is 40.2 Å².